The standard InChI is InChI=1S/C18H21NO6S2/c1-12-6-7-16(8-13(12)2)27(24,25)19(14-4-3-5-15(20)9-14)17-10-26(22,23)11-18(17)21/h3-9,17-18,20-21H,10-11H2,1-2H3/t17-,18-/m0/s1. The maximum atomic E-state index is 13.4. The third kappa shape index (κ3) is 3.80. The summed E-state index contributed by atoms with van der Waals surface area (Å²) in [5.41, 5.74) is 1.78. The molecule has 2 atom stereocenters. The van der Waals surface area contributed by atoms with Crippen molar-refractivity contribution in [2.24, 2.45) is 0 Å². The predicted octanol–water partition coefficient (Wildman–Crippen LogP) is 1.36. The number of hydrogen-bond acceptors (Lipinski definition) is 6. The molecule has 1 fully saturated rings. The van der Waals surface area contributed by atoms with Crippen molar-refractivity contribution in [2.45, 2.75) is 30.9 Å². The Morgan fingerprint density at radius 2 is 1.74 bits per heavy atom. The van der Waals surface area contributed by atoms with Crippen LogP contribution < -0.4 is 4.31 Å². The number of hydrogen-bond donors (Lipinski definition) is 2. The molecule has 1 saturated heterocycles. The van der Waals surface area contributed by atoms with E-state index in [0.717, 1.165) is 15.4 Å². The third-order valence-electron chi connectivity index (χ3n) is 4.71. The maximum absolute atomic E-state index is 13.4. The van der Waals surface area contributed by atoms with Crippen LogP contribution in [0.5, 0.6) is 5.75 Å². The van der Waals surface area contributed by atoms with Gasteiger partial charge in [-0.1, -0.05) is 12.1 Å². The molecule has 0 bridgehead atoms. The van der Waals surface area contributed by atoms with E-state index in [1.165, 1.54) is 36.4 Å². The average Bonchev–Trinajstić information content (AvgIpc) is 2.82. The molecule has 2 N–H and O–H groups in total. The van der Waals surface area contributed by atoms with Crippen LogP contribution >= 0.6 is 0 Å². The minimum atomic E-state index is -4.18. The topological polar surface area (TPSA) is 112 Å². The number of aromatic hydroxyl groups is 1. The second-order valence-electron chi connectivity index (χ2n) is 6.78. The minimum absolute atomic E-state index is 0.00885. The molecule has 0 radical (unpaired) electrons. The second kappa shape index (κ2) is 6.81. The summed E-state index contributed by atoms with van der Waals surface area (Å²) in [6.45, 7) is 3.63. The Balaban J connectivity index is 2.19. The van der Waals surface area contributed by atoms with E-state index in [1.54, 1.807) is 13.0 Å². The van der Waals surface area contributed by atoms with E-state index in [9.17, 15) is 27.0 Å². The van der Waals surface area contributed by atoms with E-state index >= 15 is 0 Å². The number of rotatable bonds is 4. The summed E-state index contributed by atoms with van der Waals surface area (Å²) in [6.07, 6.45) is -1.36. The summed E-state index contributed by atoms with van der Waals surface area (Å²) in [6, 6.07) is 8.98. The van der Waals surface area contributed by atoms with E-state index in [0.29, 0.717) is 0 Å². The lowest BCUT2D eigenvalue weighted by molar-refractivity contribution is 0.184. The van der Waals surface area contributed by atoms with Crippen molar-refractivity contribution < 1.29 is 27.0 Å². The highest BCUT2D eigenvalue weighted by molar-refractivity contribution is 7.93. The van der Waals surface area contributed by atoms with E-state index in [2.05, 4.69) is 0 Å². The van der Waals surface area contributed by atoms with Crippen molar-refractivity contribution in [3.8, 4) is 5.75 Å². The van der Waals surface area contributed by atoms with Crippen molar-refractivity contribution >= 4 is 25.5 Å². The van der Waals surface area contributed by atoms with E-state index < -0.39 is 43.5 Å². The Hall–Kier alpha value is -2.10. The van der Waals surface area contributed by atoms with Crippen LogP contribution in [0.1, 0.15) is 11.1 Å². The molecule has 0 unspecified atom stereocenters. The zero-order chi connectivity index (χ0) is 20.0. The maximum Gasteiger partial charge on any atom is 0.264 e. The van der Waals surface area contributed by atoms with Crippen LogP contribution in [-0.2, 0) is 19.9 Å². The van der Waals surface area contributed by atoms with Crippen molar-refractivity contribution in [1.82, 2.24) is 0 Å². The van der Waals surface area contributed by atoms with Gasteiger partial charge in [-0.3, -0.25) is 4.31 Å². The van der Waals surface area contributed by atoms with Gasteiger partial charge in [0.25, 0.3) is 10.0 Å². The highest BCUT2D eigenvalue weighted by atomic mass is 32.2. The first-order valence-corrected chi connectivity index (χ1v) is 11.6. The van der Waals surface area contributed by atoms with E-state index in [1.807, 2.05) is 6.92 Å². The normalized spacial score (nSPS) is 21.9. The first-order valence-electron chi connectivity index (χ1n) is 8.30. The number of sulfonamides is 1. The summed E-state index contributed by atoms with van der Waals surface area (Å²) in [5, 5.41) is 20.1. The zero-order valence-corrected chi connectivity index (χ0v) is 16.5. The molecule has 1 heterocycles. The number of sulfone groups is 1. The molecule has 2 aromatic carbocycles. The van der Waals surface area contributed by atoms with Gasteiger partial charge in [-0.25, -0.2) is 16.8 Å². The molecule has 7 nitrogen and oxygen atoms in total. The van der Waals surface area contributed by atoms with Gasteiger partial charge >= 0.3 is 0 Å². The fourth-order valence-electron chi connectivity index (χ4n) is 3.16. The van der Waals surface area contributed by atoms with Gasteiger partial charge in [0.2, 0.25) is 0 Å². The number of benzene rings is 2. The monoisotopic (exact) mass is 411 g/mol. The molecular formula is C18H21NO6S2. The van der Waals surface area contributed by atoms with Crippen LogP contribution in [-0.4, -0.2) is 50.7 Å². The predicted molar refractivity (Wildman–Crippen MR) is 102 cm³/mol. The molecular weight excluding hydrogens is 390 g/mol. The van der Waals surface area contributed by atoms with E-state index in [4.69, 9.17) is 0 Å². The van der Waals surface area contributed by atoms with Crippen molar-refractivity contribution in [3.05, 3.63) is 53.6 Å². The Morgan fingerprint density at radius 3 is 2.30 bits per heavy atom. The molecule has 0 aromatic heterocycles. The Morgan fingerprint density at radius 1 is 1.04 bits per heavy atom. The van der Waals surface area contributed by atoms with Crippen molar-refractivity contribution in [2.75, 3.05) is 15.8 Å². The number of aliphatic hydroxyl groups is 1. The molecule has 1 aliphatic heterocycles. The Kier molecular flexibility index (Phi) is 4.96. The minimum Gasteiger partial charge on any atom is -0.508 e. The van der Waals surface area contributed by atoms with Gasteiger partial charge in [-0.2, -0.15) is 0 Å². The highest BCUT2D eigenvalue weighted by Gasteiger charge is 2.45. The molecule has 0 amide bonds. The fourth-order valence-corrected chi connectivity index (χ4v) is 6.78. The lowest BCUT2D eigenvalue weighted by atomic mass is 10.1. The molecule has 27 heavy (non-hydrogen) atoms. The molecule has 146 valence electrons. The van der Waals surface area contributed by atoms with Crippen LogP contribution in [0.2, 0.25) is 0 Å². The highest BCUT2D eigenvalue weighted by Crippen LogP contribution is 2.33. The number of aliphatic hydroxyl groups excluding tert-OH is 1. The van der Waals surface area contributed by atoms with Crippen molar-refractivity contribution in [3.63, 3.8) is 0 Å². The number of anilines is 1. The second-order valence-corrected chi connectivity index (χ2v) is 10.7. The van der Waals surface area contributed by atoms with Crippen LogP contribution in [0.25, 0.3) is 0 Å². The number of nitrogens with zero attached hydrogens (tertiary/aromatic N) is 1. The number of phenols is 1. The molecule has 0 aliphatic carbocycles. The summed E-state index contributed by atoms with van der Waals surface area (Å²) in [5.74, 6) is -1.16. The summed E-state index contributed by atoms with van der Waals surface area (Å²) in [4.78, 5) is -0.00885. The Labute approximate surface area is 158 Å². The van der Waals surface area contributed by atoms with Crippen LogP contribution in [0.15, 0.2) is 47.4 Å². The fraction of sp³-hybridized carbons (Fsp3) is 0.333. The summed E-state index contributed by atoms with van der Waals surface area (Å²) >= 11 is 0. The van der Waals surface area contributed by atoms with Gasteiger partial charge in [0.05, 0.1) is 34.2 Å². The quantitative estimate of drug-likeness (QED) is 0.786. The van der Waals surface area contributed by atoms with Gasteiger partial charge in [-0.05, 0) is 49.2 Å². The average molecular weight is 412 g/mol. The van der Waals surface area contributed by atoms with Crippen LogP contribution in [0, 0.1) is 13.8 Å². The van der Waals surface area contributed by atoms with Gasteiger partial charge in [-0.15, -0.1) is 0 Å². The molecule has 0 spiro atoms. The summed E-state index contributed by atoms with van der Waals surface area (Å²) in [7, 11) is -7.76. The van der Waals surface area contributed by atoms with Gasteiger partial charge in [0.15, 0.2) is 9.84 Å². The van der Waals surface area contributed by atoms with Gasteiger partial charge in [0.1, 0.15) is 5.75 Å². The summed E-state index contributed by atoms with van der Waals surface area (Å²) < 4.78 is 51.7. The van der Waals surface area contributed by atoms with Gasteiger partial charge in [0, 0.05) is 6.07 Å². The number of phenolic OH excluding ortho intramolecular Hbond substituents is 1. The molecule has 2 aromatic rings. The molecule has 9 heteroatoms. The lowest BCUT2D eigenvalue weighted by Gasteiger charge is -2.31. The third-order valence-corrected chi connectivity index (χ3v) is 8.26. The molecule has 0 saturated carbocycles. The Bertz CT molecular complexity index is 1080. The first kappa shape index (κ1) is 19.7. The molecule has 3 rings (SSSR count). The lowest BCUT2D eigenvalue weighted by Crippen LogP contribution is -2.47. The SMILES string of the molecule is Cc1ccc(S(=O)(=O)N(c2cccc(O)c2)[C@H]2CS(=O)(=O)C[C@@H]2O)cc1C. The van der Waals surface area contributed by atoms with Crippen LogP contribution in [0.4, 0.5) is 5.69 Å². The first-order chi connectivity index (χ1) is 12.5. The largest absolute Gasteiger partial charge is 0.508 e. The van der Waals surface area contributed by atoms with Gasteiger partial charge < -0.3 is 10.2 Å². The van der Waals surface area contributed by atoms with Crippen molar-refractivity contribution in [1.29, 1.82) is 0 Å². The smallest absolute Gasteiger partial charge is 0.264 e. The van der Waals surface area contributed by atoms with E-state index in [-0.39, 0.29) is 16.3 Å². The molecule has 1 aliphatic rings. The number of aryl methyl sites for hydroxylation is 2. The zero-order valence-electron chi connectivity index (χ0n) is 14.9. The van der Waals surface area contributed by atoms with Crippen LogP contribution in [0.3, 0.4) is 0 Å².